The van der Waals surface area contributed by atoms with Crippen LogP contribution in [0.4, 0.5) is 0 Å². The number of hydrogen-bond acceptors (Lipinski definition) is 4. The van der Waals surface area contributed by atoms with Crippen LogP contribution in [0.25, 0.3) is 0 Å². The van der Waals surface area contributed by atoms with Crippen molar-refractivity contribution in [1.82, 2.24) is 4.72 Å². The van der Waals surface area contributed by atoms with Crippen LogP contribution in [0.2, 0.25) is 0 Å². The SMILES string of the molecule is NCCCCS(=O)(=O)NCCc1ccc(O)cc1. The van der Waals surface area contributed by atoms with Crippen LogP contribution in [0.15, 0.2) is 24.3 Å². The highest BCUT2D eigenvalue weighted by atomic mass is 32.2. The highest BCUT2D eigenvalue weighted by Crippen LogP contribution is 2.09. The molecule has 5 nitrogen and oxygen atoms in total. The second-order valence-corrected chi connectivity index (χ2v) is 6.05. The largest absolute Gasteiger partial charge is 0.508 e. The van der Waals surface area contributed by atoms with E-state index in [2.05, 4.69) is 4.72 Å². The Kier molecular flexibility index (Phi) is 6.11. The van der Waals surface area contributed by atoms with Crippen molar-refractivity contribution in [3.63, 3.8) is 0 Å². The number of benzene rings is 1. The molecule has 102 valence electrons. The minimum atomic E-state index is -3.19. The van der Waals surface area contributed by atoms with E-state index in [4.69, 9.17) is 10.8 Å². The van der Waals surface area contributed by atoms with Gasteiger partial charge in [0.25, 0.3) is 0 Å². The van der Waals surface area contributed by atoms with E-state index >= 15 is 0 Å². The summed E-state index contributed by atoms with van der Waals surface area (Å²) in [5, 5.41) is 9.11. The third kappa shape index (κ3) is 6.00. The summed E-state index contributed by atoms with van der Waals surface area (Å²) in [6.07, 6.45) is 1.92. The minimum Gasteiger partial charge on any atom is -0.508 e. The Hall–Kier alpha value is -1.11. The standard InChI is InChI=1S/C12H20N2O3S/c13-8-1-2-10-18(16,17)14-9-7-11-3-5-12(15)6-4-11/h3-6,14-15H,1-2,7-10,13H2. The summed E-state index contributed by atoms with van der Waals surface area (Å²) < 4.78 is 25.7. The average Bonchev–Trinajstić information content (AvgIpc) is 2.32. The van der Waals surface area contributed by atoms with Gasteiger partial charge in [0, 0.05) is 6.54 Å². The van der Waals surface area contributed by atoms with Gasteiger partial charge in [-0.15, -0.1) is 0 Å². The van der Waals surface area contributed by atoms with Gasteiger partial charge in [0.1, 0.15) is 5.75 Å². The van der Waals surface area contributed by atoms with Crippen LogP contribution in [-0.2, 0) is 16.4 Å². The fraction of sp³-hybridized carbons (Fsp3) is 0.500. The van der Waals surface area contributed by atoms with Crippen LogP contribution in [0.3, 0.4) is 0 Å². The van der Waals surface area contributed by atoms with Crippen molar-refractivity contribution in [2.45, 2.75) is 19.3 Å². The fourth-order valence-electron chi connectivity index (χ4n) is 1.52. The molecule has 0 amide bonds. The number of nitrogens with one attached hydrogen (secondary N) is 1. The first kappa shape index (κ1) is 14.9. The summed E-state index contributed by atoms with van der Waals surface area (Å²) in [4.78, 5) is 0. The van der Waals surface area contributed by atoms with Crippen molar-refractivity contribution < 1.29 is 13.5 Å². The molecule has 0 atom stereocenters. The molecule has 1 aromatic carbocycles. The average molecular weight is 272 g/mol. The summed E-state index contributed by atoms with van der Waals surface area (Å²) in [5.41, 5.74) is 6.29. The number of phenolic OH excluding ortho intramolecular Hbond substituents is 1. The van der Waals surface area contributed by atoms with Crippen LogP contribution < -0.4 is 10.5 Å². The summed E-state index contributed by atoms with van der Waals surface area (Å²) in [5.74, 6) is 0.334. The molecule has 0 radical (unpaired) electrons. The zero-order valence-corrected chi connectivity index (χ0v) is 11.1. The lowest BCUT2D eigenvalue weighted by atomic mass is 10.1. The van der Waals surface area contributed by atoms with Crippen molar-refractivity contribution in [2.24, 2.45) is 5.73 Å². The van der Waals surface area contributed by atoms with Gasteiger partial charge in [-0.2, -0.15) is 0 Å². The lowest BCUT2D eigenvalue weighted by molar-refractivity contribution is 0.475. The maximum atomic E-state index is 11.6. The molecule has 0 aliphatic heterocycles. The number of hydrogen-bond donors (Lipinski definition) is 3. The molecule has 0 aliphatic carbocycles. The highest BCUT2D eigenvalue weighted by Gasteiger charge is 2.08. The van der Waals surface area contributed by atoms with E-state index in [0.717, 1.165) is 12.0 Å². The second-order valence-electron chi connectivity index (χ2n) is 4.13. The Bertz CT molecular complexity index is 443. The lowest BCUT2D eigenvalue weighted by Gasteiger charge is -2.06. The number of nitrogens with two attached hydrogens (primary N) is 1. The lowest BCUT2D eigenvalue weighted by Crippen LogP contribution is -2.28. The maximum Gasteiger partial charge on any atom is 0.211 e. The summed E-state index contributed by atoms with van der Waals surface area (Å²) >= 11 is 0. The second kappa shape index (κ2) is 7.35. The molecule has 1 rings (SSSR count). The van der Waals surface area contributed by atoms with Crippen molar-refractivity contribution in [2.75, 3.05) is 18.8 Å². The molecular weight excluding hydrogens is 252 g/mol. The zero-order valence-electron chi connectivity index (χ0n) is 10.3. The number of unbranched alkanes of at least 4 members (excludes halogenated alkanes) is 1. The molecule has 1 aromatic rings. The van der Waals surface area contributed by atoms with Gasteiger partial charge in [-0.05, 0) is 43.5 Å². The van der Waals surface area contributed by atoms with Crippen LogP contribution in [0.5, 0.6) is 5.75 Å². The molecule has 4 N–H and O–H groups in total. The molecule has 0 unspecified atom stereocenters. The van der Waals surface area contributed by atoms with E-state index in [1.807, 2.05) is 0 Å². The topological polar surface area (TPSA) is 92.4 Å². The molecule has 0 bridgehead atoms. The van der Waals surface area contributed by atoms with Gasteiger partial charge in [-0.25, -0.2) is 13.1 Å². The van der Waals surface area contributed by atoms with Gasteiger partial charge in [-0.3, -0.25) is 0 Å². The molecule has 0 aliphatic rings. The monoisotopic (exact) mass is 272 g/mol. The van der Waals surface area contributed by atoms with Crippen molar-refractivity contribution >= 4 is 10.0 Å². The molecule has 0 saturated carbocycles. The van der Waals surface area contributed by atoms with Crippen molar-refractivity contribution in [3.8, 4) is 5.75 Å². The van der Waals surface area contributed by atoms with Gasteiger partial charge in [-0.1, -0.05) is 12.1 Å². The highest BCUT2D eigenvalue weighted by molar-refractivity contribution is 7.89. The zero-order chi connectivity index (χ0) is 13.4. The van der Waals surface area contributed by atoms with Gasteiger partial charge in [0.15, 0.2) is 0 Å². The third-order valence-corrected chi connectivity index (χ3v) is 4.01. The molecule has 0 aromatic heterocycles. The van der Waals surface area contributed by atoms with E-state index in [1.54, 1.807) is 24.3 Å². The maximum absolute atomic E-state index is 11.6. The van der Waals surface area contributed by atoms with E-state index in [0.29, 0.717) is 25.9 Å². The molecule has 6 heteroatoms. The smallest absolute Gasteiger partial charge is 0.211 e. The Morgan fingerprint density at radius 2 is 1.83 bits per heavy atom. The van der Waals surface area contributed by atoms with Crippen LogP contribution in [-0.4, -0.2) is 32.4 Å². The van der Waals surface area contributed by atoms with E-state index in [9.17, 15) is 8.42 Å². The predicted molar refractivity (Wildman–Crippen MR) is 71.9 cm³/mol. The Labute approximate surface area is 108 Å². The first-order valence-corrected chi connectivity index (χ1v) is 7.64. The van der Waals surface area contributed by atoms with Crippen molar-refractivity contribution in [3.05, 3.63) is 29.8 Å². The predicted octanol–water partition coefficient (Wildman–Crippen LogP) is 0.593. The molecule has 0 spiro atoms. The summed E-state index contributed by atoms with van der Waals surface area (Å²) in [6.45, 7) is 0.888. The Balaban J connectivity index is 2.30. The third-order valence-electron chi connectivity index (χ3n) is 2.54. The first-order valence-electron chi connectivity index (χ1n) is 5.99. The first-order chi connectivity index (χ1) is 8.53. The number of sulfonamides is 1. The van der Waals surface area contributed by atoms with Gasteiger partial charge < -0.3 is 10.8 Å². The molecular formula is C12H20N2O3S. The molecule has 18 heavy (non-hydrogen) atoms. The van der Waals surface area contributed by atoms with Gasteiger partial charge >= 0.3 is 0 Å². The Morgan fingerprint density at radius 1 is 1.17 bits per heavy atom. The van der Waals surface area contributed by atoms with Crippen LogP contribution in [0, 0.1) is 0 Å². The summed E-state index contributed by atoms with van der Waals surface area (Å²) in [7, 11) is -3.19. The van der Waals surface area contributed by atoms with Crippen molar-refractivity contribution in [1.29, 1.82) is 0 Å². The quantitative estimate of drug-likeness (QED) is 0.604. The molecule has 0 fully saturated rings. The fourth-order valence-corrected chi connectivity index (χ4v) is 2.66. The Morgan fingerprint density at radius 3 is 2.44 bits per heavy atom. The molecule has 0 saturated heterocycles. The van der Waals surface area contributed by atoms with Crippen LogP contribution in [0.1, 0.15) is 18.4 Å². The number of phenols is 1. The molecule has 0 heterocycles. The number of aromatic hydroxyl groups is 1. The van der Waals surface area contributed by atoms with Crippen LogP contribution >= 0.6 is 0 Å². The van der Waals surface area contributed by atoms with Gasteiger partial charge in [0.2, 0.25) is 10.0 Å². The van der Waals surface area contributed by atoms with E-state index in [-0.39, 0.29) is 11.5 Å². The number of rotatable bonds is 8. The minimum absolute atomic E-state index is 0.125. The summed E-state index contributed by atoms with van der Waals surface area (Å²) in [6, 6.07) is 6.73. The van der Waals surface area contributed by atoms with E-state index < -0.39 is 10.0 Å². The normalized spacial score (nSPS) is 11.6. The van der Waals surface area contributed by atoms with E-state index in [1.165, 1.54) is 0 Å². The van der Waals surface area contributed by atoms with Gasteiger partial charge in [0.05, 0.1) is 5.75 Å².